The van der Waals surface area contributed by atoms with Gasteiger partial charge in [0.05, 0.1) is 5.97 Å². The fourth-order valence-electron chi connectivity index (χ4n) is 5.55. The van der Waals surface area contributed by atoms with Gasteiger partial charge in [-0.25, -0.2) is 0 Å². The number of furan rings is 1. The second kappa shape index (κ2) is 8.10. The third kappa shape index (κ3) is 3.62. The monoisotopic (exact) mass is 496 g/mol. The zero-order valence-corrected chi connectivity index (χ0v) is 20.6. The Kier molecular flexibility index (Phi) is 5.09. The Morgan fingerprint density at radius 1 is 1.06 bits per heavy atom. The molecular formula is C30H23ClNO4-. The standard InChI is InChI=1S/C30H24ClNO4/c1-30(2)14-20-26-18-6-4-3-5-16(18)8-10-22(26)32-28(27(20)23(33)15-30)25-12-11-24(36-25)17-7-9-21(31)19(13-17)29(34)35/h3-13,28,32H,14-15H2,1-2H3,(H,34,35)/p-1/t28-/m1/s1. The summed E-state index contributed by atoms with van der Waals surface area (Å²) in [5.41, 5.74) is 4.18. The summed E-state index contributed by atoms with van der Waals surface area (Å²) in [4.78, 5) is 25.0. The number of nitrogens with one attached hydrogen (secondary N) is 1. The Morgan fingerprint density at radius 2 is 1.86 bits per heavy atom. The van der Waals surface area contributed by atoms with E-state index >= 15 is 0 Å². The van der Waals surface area contributed by atoms with Gasteiger partial charge in [0.1, 0.15) is 17.6 Å². The van der Waals surface area contributed by atoms with Gasteiger partial charge in [-0.15, -0.1) is 0 Å². The number of anilines is 1. The summed E-state index contributed by atoms with van der Waals surface area (Å²) in [6.07, 6.45) is 1.25. The highest BCUT2D eigenvalue weighted by Crippen LogP contribution is 2.52. The number of allylic oxidation sites excluding steroid dienone is 1. The maximum Gasteiger partial charge on any atom is 0.162 e. The van der Waals surface area contributed by atoms with Crippen molar-refractivity contribution in [3.05, 3.63) is 94.2 Å². The summed E-state index contributed by atoms with van der Waals surface area (Å²) in [6, 6.07) is 20.2. The normalized spacial score (nSPS) is 18.5. The van der Waals surface area contributed by atoms with E-state index in [0.717, 1.165) is 39.6 Å². The van der Waals surface area contributed by atoms with Crippen LogP contribution < -0.4 is 10.4 Å². The molecule has 0 spiro atoms. The summed E-state index contributed by atoms with van der Waals surface area (Å²) in [7, 11) is 0. The van der Waals surface area contributed by atoms with E-state index in [2.05, 4.69) is 43.4 Å². The molecule has 1 aliphatic heterocycles. The maximum absolute atomic E-state index is 13.6. The molecule has 180 valence electrons. The van der Waals surface area contributed by atoms with Gasteiger partial charge < -0.3 is 19.6 Å². The van der Waals surface area contributed by atoms with E-state index in [9.17, 15) is 14.7 Å². The Balaban J connectivity index is 1.50. The highest BCUT2D eigenvalue weighted by molar-refractivity contribution is 6.33. The van der Waals surface area contributed by atoms with Crippen molar-refractivity contribution in [2.24, 2.45) is 5.41 Å². The first-order chi connectivity index (χ1) is 17.2. The van der Waals surface area contributed by atoms with Crippen LogP contribution in [0.25, 0.3) is 27.7 Å². The van der Waals surface area contributed by atoms with Gasteiger partial charge in [-0.2, -0.15) is 0 Å². The Labute approximate surface area is 213 Å². The molecular weight excluding hydrogens is 474 g/mol. The number of fused-ring (bicyclic) bond motifs is 4. The van der Waals surface area contributed by atoms with Crippen molar-refractivity contribution in [1.82, 2.24) is 0 Å². The zero-order valence-electron chi connectivity index (χ0n) is 19.9. The summed E-state index contributed by atoms with van der Waals surface area (Å²) >= 11 is 6.01. The Morgan fingerprint density at radius 3 is 2.67 bits per heavy atom. The van der Waals surface area contributed by atoms with Gasteiger partial charge in [0.15, 0.2) is 5.78 Å². The summed E-state index contributed by atoms with van der Waals surface area (Å²) in [5, 5.41) is 17.4. The summed E-state index contributed by atoms with van der Waals surface area (Å²) < 4.78 is 6.23. The van der Waals surface area contributed by atoms with Crippen LogP contribution in [-0.4, -0.2) is 11.8 Å². The van der Waals surface area contributed by atoms with Crippen LogP contribution in [0.5, 0.6) is 0 Å². The fraction of sp³-hybridized carbons (Fsp3) is 0.200. The van der Waals surface area contributed by atoms with Gasteiger partial charge in [-0.05, 0) is 64.6 Å². The molecule has 3 aromatic carbocycles. The first-order valence-corrected chi connectivity index (χ1v) is 12.3. The van der Waals surface area contributed by atoms with Gasteiger partial charge in [-0.1, -0.05) is 55.8 Å². The Bertz CT molecular complexity index is 1610. The number of ketones is 1. The van der Waals surface area contributed by atoms with Gasteiger partial charge in [0.2, 0.25) is 0 Å². The molecule has 6 heteroatoms. The van der Waals surface area contributed by atoms with Crippen LogP contribution in [0.15, 0.2) is 76.7 Å². The minimum Gasteiger partial charge on any atom is -0.545 e. The number of hydrogen-bond donors (Lipinski definition) is 1. The predicted molar refractivity (Wildman–Crippen MR) is 139 cm³/mol. The minimum atomic E-state index is -1.35. The number of rotatable bonds is 3. The third-order valence-electron chi connectivity index (χ3n) is 7.12. The van der Waals surface area contributed by atoms with E-state index in [0.29, 0.717) is 23.5 Å². The molecule has 1 atom stereocenters. The molecule has 0 bridgehead atoms. The van der Waals surface area contributed by atoms with E-state index in [4.69, 9.17) is 16.0 Å². The highest BCUT2D eigenvalue weighted by Gasteiger charge is 2.41. The molecule has 36 heavy (non-hydrogen) atoms. The number of carbonyl (C=O) groups is 2. The lowest BCUT2D eigenvalue weighted by Crippen LogP contribution is -2.33. The number of carbonyl (C=O) groups excluding carboxylic acids is 2. The molecule has 1 aromatic heterocycles. The molecule has 6 rings (SSSR count). The van der Waals surface area contributed by atoms with Crippen molar-refractivity contribution >= 4 is 45.4 Å². The van der Waals surface area contributed by atoms with E-state index in [1.807, 2.05) is 18.2 Å². The molecule has 0 amide bonds. The topological polar surface area (TPSA) is 82.4 Å². The molecule has 0 unspecified atom stereocenters. The quantitative estimate of drug-likeness (QED) is 0.353. The minimum absolute atomic E-state index is 0.0987. The third-order valence-corrected chi connectivity index (χ3v) is 7.45. The summed E-state index contributed by atoms with van der Waals surface area (Å²) in [6.45, 7) is 4.27. The smallest absolute Gasteiger partial charge is 0.162 e. The molecule has 5 nitrogen and oxygen atoms in total. The highest BCUT2D eigenvalue weighted by atomic mass is 35.5. The second-order valence-corrected chi connectivity index (χ2v) is 10.7. The number of hydrogen-bond acceptors (Lipinski definition) is 5. The van der Waals surface area contributed by atoms with Crippen LogP contribution >= 0.6 is 11.6 Å². The SMILES string of the molecule is CC1(C)CC(=O)C2=C(C1)c1c(ccc3ccccc13)N[C@@H]2c1ccc(-c2ccc(Cl)c(C(=O)[O-])c2)o1. The van der Waals surface area contributed by atoms with E-state index in [1.165, 1.54) is 12.1 Å². The van der Waals surface area contributed by atoms with Gasteiger partial charge in [0.25, 0.3) is 0 Å². The molecule has 2 aliphatic rings. The lowest BCUT2D eigenvalue weighted by atomic mass is 9.68. The van der Waals surface area contributed by atoms with Crippen LogP contribution in [0.1, 0.15) is 54.4 Å². The first kappa shape index (κ1) is 22.6. The van der Waals surface area contributed by atoms with Gasteiger partial charge in [0, 0.05) is 39.4 Å². The lowest BCUT2D eigenvalue weighted by Gasteiger charge is -2.39. The molecule has 0 saturated heterocycles. The second-order valence-electron chi connectivity index (χ2n) is 10.3. The average Bonchev–Trinajstić information content (AvgIpc) is 3.32. The van der Waals surface area contributed by atoms with Crippen molar-refractivity contribution in [2.45, 2.75) is 32.7 Å². The number of Topliss-reactive ketones (excluding diaryl/α,β-unsaturated/α-hetero) is 1. The van der Waals surface area contributed by atoms with E-state index in [-0.39, 0.29) is 21.8 Å². The number of carboxylic acid groups (broad SMARTS) is 1. The van der Waals surface area contributed by atoms with Crippen LogP contribution in [0.3, 0.4) is 0 Å². The molecule has 4 aromatic rings. The fourth-order valence-corrected chi connectivity index (χ4v) is 5.74. The van der Waals surface area contributed by atoms with Crippen LogP contribution in [0, 0.1) is 5.41 Å². The summed E-state index contributed by atoms with van der Waals surface area (Å²) in [5.74, 6) is -0.159. The van der Waals surface area contributed by atoms with Crippen LogP contribution in [0.4, 0.5) is 5.69 Å². The van der Waals surface area contributed by atoms with E-state index in [1.54, 1.807) is 12.1 Å². The predicted octanol–water partition coefficient (Wildman–Crippen LogP) is 6.43. The van der Waals surface area contributed by atoms with Gasteiger partial charge in [-0.3, -0.25) is 4.79 Å². The van der Waals surface area contributed by atoms with Crippen LogP contribution in [0.2, 0.25) is 5.02 Å². The number of carboxylic acids is 1. The Hall–Kier alpha value is -3.83. The number of halogens is 1. The molecule has 0 saturated carbocycles. The first-order valence-electron chi connectivity index (χ1n) is 11.9. The van der Waals surface area contributed by atoms with Crippen molar-refractivity contribution < 1.29 is 19.1 Å². The van der Waals surface area contributed by atoms with E-state index < -0.39 is 12.0 Å². The molecule has 1 N–H and O–H groups in total. The largest absolute Gasteiger partial charge is 0.545 e. The number of benzene rings is 3. The van der Waals surface area contributed by atoms with Crippen molar-refractivity contribution in [3.8, 4) is 11.3 Å². The van der Waals surface area contributed by atoms with Crippen molar-refractivity contribution in [2.75, 3.05) is 5.32 Å². The zero-order chi connectivity index (χ0) is 25.2. The maximum atomic E-state index is 13.6. The van der Waals surface area contributed by atoms with Crippen molar-refractivity contribution in [1.29, 1.82) is 0 Å². The molecule has 2 heterocycles. The number of aromatic carboxylic acids is 1. The molecule has 0 fully saturated rings. The molecule has 0 radical (unpaired) electrons. The van der Waals surface area contributed by atoms with Crippen molar-refractivity contribution in [3.63, 3.8) is 0 Å². The molecule has 1 aliphatic carbocycles. The lowest BCUT2D eigenvalue weighted by molar-refractivity contribution is -0.255. The van der Waals surface area contributed by atoms with Crippen LogP contribution in [-0.2, 0) is 4.79 Å². The van der Waals surface area contributed by atoms with Gasteiger partial charge >= 0.3 is 0 Å². The average molecular weight is 497 g/mol.